The summed E-state index contributed by atoms with van der Waals surface area (Å²) >= 11 is 6.29. The molecule has 3 aromatic rings. The fourth-order valence-electron chi connectivity index (χ4n) is 2.62. The van der Waals surface area contributed by atoms with Crippen LogP contribution in [0.3, 0.4) is 0 Å². The smallest absolute Gasteiger partial charge is 0.343 e. The summed E-state index contributed by atoms with van der Waals surface area (Å²) in [6, 6.07) is 6.95. The van der Waals surface area contributed by atoms with E-state index < -0.39 is 17.8 Å². The van der Waals surface area contributed by atoms with Crippen LogP contribution >= 0.6 is 11.6 Å². The van der Waals surface area contributed by atoms with Crippen molar-refractivity contribution in [2.24, 2.45) is 0 Å². The van der Waals surface area contributed by atoms with Crippen molar-refractivity contribution in [1.29, 1.82) is 0 Å². The second kappa shape index (κ2) is 7.85. The van der Waals surface area contributed by atoms with E-state index in [0.29, 0.717) is 17.1 Å². The Kier molecular flexibility index (Phi) is 5.51. The zero-order valence-corrected chi connectivity index (χ0v) is 16.0. The van der Waals surface area contributed by atoms with Crippen LogP contribution < -0.4 is 0 Å². The number of carbonyl (C=O) groups is 2. The minimum Gasteiger partial charge on any atom is -0.465 e. The summed E-state index contributed by atoms with van der Waals surface area (Å²) in [5, 5.41) is 4.26. The van der Waals surface area contributed by atoms with Crippen LogP contribution in [0.4, 0.5) is 4.39 Å². The molecule has 28 heavy (non-hydrogen) atoms. The predicted octanol–water partition coefficient (Wildman–Crippen LogP) is 4.02. The Bertz CT molecular complexity index is 1040. The summed E-state index contributed by atoms with van der Waals surface area (Å²) in [6.07, 6.45) is 0. The second-order valence-corrected chi connectivity index (χ2v) is 6.25. The number of benzene rings is 1. The lowest BCUT2D eigenvalue weighted by Crippen LogP contribution is -2.06. The van der Waals surface area contributed by atoms with E-state index >= 15 is 0 Å². The number of aryl methyl sites for hydroxylation is 2. The fraction of sp³-hybridized carbons (Fsp3) is 0.211. The topological polar surface area (TPSA) is 83.6 Å². The maximum absolute atomic E-state index is 13.1. The van der Waals surface area contributed by atoms with E-state index in [9.17, 15) is 14.0 Å². The van der Waals surface area contributed by atoms with Gasteiger partial charge in [-0.3, -0.25) is 0 Å². The molecule has 0 bridgehead atoms. The average Bonchev–Trinajstić information content (AvgIpc) is 3.19. The number of hydrogen-bond donors (Lipinski definition) is 0. The summed E-state index contributed by atoms with van der Waals surface area (Å²) in [6.45, 7) is 3.01. The molecule has 0 spiro atoms. The first-order valence-electron chi connectivity index (χ1n) is 8.17. The van der Waals surface area contributed by atoms with Crippen molar-refractivity contribution in [3.8, 4) is 5.69 Å². The number of furan rings is 1. The molecule has 3 rings (SSSR count). The van der Waals surface area contributed by atoms with E-state index in [1.807, 2.05) is 0 Å². The van der Waals surface area contributed by atoms with Gasteiger partial charge in [0.15, 0.2) is 0 Å². The van der Waals surface area contributed by atoms with Crippen LogP contribution in [0.5, 0.6) is 0 Å². The Morgan fingerprint density at radius 2 is 1.89 bits per heavy atom. The van der Waals surface area contributed by atoms with Gasteiger partial charge in [0.2, 0.25) is 0 Å². The Labute approximate surface area is 164 Å². The van der Waals surface area contributed by atoms with E-state index in [-0.39, 0.29) is 28.6 Å². The highest BCUT2D eigenvalue weighted by atomic mass is 35.5. The van der Waals surface area contributed by atoms with E-state index in [2.05, 4.69) is 9.84 Å². The second-order valence-electron chi connectivity index (χ2n) is 5.89. The third kappa shape index (κ3) is 3.77. The number of aromatic nitrogens is 2. The Morgan fingerprint density at radius 3 is 2.54 bits per heavy atom. The minimum atomic E-state index is -0.704. The zero-order valence-electron chi connectivity index (χ0n) is 15.3. The summed E-state index contributed by atoms with van der Waals surface area (Å²) < 4.78 is 29.7. The Balaban J connectivity index is 1.78. The number of esters is 2. The molecule has 0 radical (unpaired) electrons. The molecule has 0 saturated carbocycles. The van der Waals surface area contributed by atoms with Gasteiger partial charge in [-0.2, -0.15) is 5.10 Å². The Hall–Kier alpha value is -3.13. The molecule has 0 saturated heterocycles. The van der Waals surface area contributed by atoms with Gasteiger partial charge >= 0.3 is 11.9 Å². The van der Waals surface area contributed by atoms with Gasteiger partial charge in [0.05, 0.1) is 18.5 Å². The summed E-state index contributed by atoms with van der Waals surface area (Å²) in [4.78, 5) is 24.1. The van der Waals surface area contributed by atoms with Crippen molar-refractivity contribution < 1.29 is 27.9 Å². The molecule has 146 valence electrons. The molecule has 1 aromatic carbocycles. The highest BCUT2D eigenvalue weighted by Crippen LogP contribution is 2.25. The first-order chi connectivity index (χ1) is 13.3. The largest absolute Gasteiger partial charge is 0.465 e. The maximum Gasteiger partial charge on any atom is 0.343 e. The van der Waals surface area contributed by atoms with Crippen LogP contribution in [0.1, 0.15) is 37.9 Å². The summed E-state index contributed by atoms with van der Waals surface area (Å²) in [5.74, 6) is -1.01. The lowest BCUT2D eigenvalue weighted by molar-refractivity contribution is 0.0443. The van der Waals surface area contributed by atoms with Gasteiger partial charge in [0.25, 0.3) is 0 Å². The molecule has 9 heteroatoms. The van der Waals surface area contributed by atoms with E-state index in [1.54, 1.807) is 13.8 Å². The average molecular weight is 407 g/mol. The van der Waals surface area contributed by atoms with E-state index in [0.717, 1.165) is 0 Å². The number of nitrogens with zero attached hydrogens (tertiary/aromatic N) is 2. The highest BCUT2D eigenvalue weighted by Gasteiger charge is 2.23. The maximum atomic E-state index is 13.1. The van der Waals surface area contributed by atoms with Gasteiger partial charge in [0.1, 0.15) is 40.2 Å². The number of ether oxygens (including phenoxy) is 2. The first-order valence-corrected chi connectivity index (χ1v) is 8.55. The number of halogens is 2. The van der Waals surface area contributed by atoms with Gasteiger partial charge < -0.3 is 13.9 Å². The van der Waals surface area contributed by atoms with Crippen LogP contribution in [0.2, 0.25) is 5.15 Å². The predicted molar refractivity (Wildman–Crippen MR) is 97.2 cm³/mol. The third-order valence-corrected chi connectivity index (χ3v) is 4.35. The van der Waals surface area contributed by atoms with Crippen LogP contribution in [0, 0.1) is 19.7 Å². The number of methoxy groups -OCH3 is 1. The van der Waals surface area contributed by atoms with Crippen molar-refractivity contribution in [1.82, 2.24) is 9.78 Å². The molecule has 0 aliphatic carbocycles. The van der Waals surface area contributed by atoms with Gasteiger partial charge in [-0.15, -0.1) is 0 Å². The van der Waals surface area contributed by atoms with Gasteiger partial charge in [-0.05, 0) is 44.2 Å². The van der Waals surface area contributed by atoms with E-state index in [1.165, 1.54) is 42.1 Å². The van der Waals surface area contributed by atoms with Crippen LogP contribution in [0.15, 0.2) is 34.7 Å². The first kappa shape index (κ1) is 19.6. The molecule has 0 unspecified atom stereocenters. The fourth-order valence-corrected chi connectivity index (χ4v) is 2.97. The zero-order chi connectivity index (χ0) is 20.4. The van der Waals surface area contributed by atoms with Crippen molar-refractivity contribution >= 4 is 23.5 Å². The highest BCUT2D eigenvalue weighted by molar-refractivity contribution is 6.33. The number of rotatable bonds is 5. The number of hydrogen-bond acceptors (Lipinski definition) is 6. The molecule has 0 N–H and O–H groups in total. The van der Waals surface area contributed by atoms with Crippen LogP contribution in [-0.4, -0.2) is 28.8 Å². The minimum absolute atomic E-state index is 0.0417. The normalized spacial score (nSPS) is 10.8. The summed E-state index contributed by atoms with van der Waals surface area (Å²) in [7, 11) is 1.26. The Morgan fingerprint density at radius 1 is 1.21 bits per heavy atom. The van der Waals surface area contributed by atoms with Gasteiger partial charge in [0, 0.05) is 0 Å². The van der Waals surface area contributed by atoms with Crippen molar-refractivity contribution in [2.75, 3.05) is 7.11 Å². The van der Waals surface area contributed by atoms with Crippen molar-refractivity contribution in [2.45, 2.75) is 20.5 Å². The standard InChI is InChI=1S/C19H16ClFN2O5/c1-10-16(17(20)23(22-10)13-6-4-12(21)5-7-13)19(25)27-9-14-8-15(11(2)28-14)18(24)26-3/h4-8H,9H2,1-3H3. The monoisotopic (exact) mass is 406 g/mol. The van der Waals surface area contributed by atoms with Gasteiger partial charge in [-0.1, -0.05) is 11.6 Å². The molecular formula is C19H16ClFN2O5. The van der Waals surface area contributed by atoms with Gasteiger partial charge in [-0.25, -0.2) is 18.7 Å². The lowest BCUT2D eigenvalue weighted by atomic mass is 10.2. The molecule has 0 atom stereocenters. The van der Waals surface area contributed by atoms with E-state index in [4.69, 9.17) is 20.8 Å². The van der Waals surface area contributed by atoms with Crippen LogP contribution in [0.25, 0.3) is 5.69 Å². The molecule has 0 aliphatic rings. The lowest BCUT2D eigenvalue weighted by Gasteiger charge is -2.04. The molecule has 7 nitrogen and oxygen atoms in total. The molecule has 2 aromatic heterocycles. The number of carbonyl (C=O) groups excluding carboxylic acids is 2. The quantitative estimate of drug-likeness (QED) is 0.595. The molecule has 0 aliphatic heterocycles. The van der Waals surface area contributed by atoms with Crippen molar-refractivity contribution in [3.63, 3.8) is 0 Å². The molecular weight excluding hydrogens is 391 g/mol. The van der Waals surface area contributed by atoms with Crippen molar-refractivity contribution in [3.05, 3.63) is 69.6 Å². The molecule has 2 heterocycles. The van der Waals surface area contributed by atoms with Crippen LogP contribution in [-0.2, 0) is 16.1 Å². The molecule has 0 amide bonds. The third-order valence-electron chi connectivity index (χ3n) is 4.00. The summed E-state index contributed by atoms with van der Waals surface area (Å²) in [5.41, 5.74) is 1.19. The SMILES string of the molecule is COC(=O)c1cc(COC(=O)c2c(C)nn(-c3ccc(F)cc3)c2Cl)oc1C. The molecule has 0 fully saturated rings.